The number of nitrogens with two attached hydrogens (primary N) is 1. The predicted molar refractivity (Wildman–Crippen MR) is 158 cm³/mol. The van der Waals surface area contributed by atoms with Crippen molar-refractivity contribution in [2.75, 3.05) is 30.3 Å². The van der Waals surface area contributed by atoms with Gasteiger partial charge in [0.2, 0.25) is 0 Å². The number of amidine groups is 1. The molecular formula is C30H32N6S. The standard InChI is InChI=1S/C30H32N6S/c1-34(2)26-9-5-8-24-23(26)7-6-10-28(24)37-36(4)22-16-17-27-25(19-22)33-29(35(27)3)18-13-20-11-14-21(15-12-20)30(31)32/h5-12,14-17,19H,13,18H2,1-4H3,(H3,31,32). The van der Waals surface area contributed by atoms with Crippen LogP contribution in [0.15, 0.2) is 83.8 Å². The predicted octanol–water partition coefficient (Wildman–Crippen LogP) is 6.01. The summed E-state index contributed by atoms with van der Waals surface area (Å²) in [5, 5.41) is 10.1. The summed E-state index contributed by atoms with van der Waals surface area (Å²) in [5.41, 5.74) is 12.0. The van der Waals surface area contributed by atoms with Crippen molar-refractivity contribution in [2.24, 2.45) is 12.8 Å². The third kappa shape index (κ3) is 5.00. The van der Waals surface area contributed by atoms with E-state index in [0.29, 0.717) is 0 Å². The number of benzene rings is 4. The molecule has 3 N–H and O–H groups in total. The Kier molecular flexibility index (Phi) is 6.80. The van der Waals surface area contributed by atoms with Crippen molar-refractivity contribution in [3.8, 4) is 0 Å². The Labute approximate surface area is 222 Å². The van der Waals surface area contributed by atoms with Crippen molar-refractivity contribution < 1.29 is 0 Å². The molecule has 4 aromatic carbocycles. The molecule has 6 nitrogen and oxygen atoms in total. The van der Waals surface area contributed by atoms with Gasteiger partial charge in [-0.15, -0.1) is 0 Å². The summed E-state index contributed by atoms with van der Waals surface area (Å²) in [5.74, 6) is 1.16. The van der Waals surface area contributed by atoms with Crippen LogP contribution in [0.1, 0.15) is 17.0 Å². The number of nitrogens with zero attached hydrogens (tertiary/aromatic N) is 4. The van der Waals surface area contributed by atoms with E-state index in [1.165, 1.54) is 26.9 Å². The van der Waals surface area contributed by atoms with E-state index in [1.54, 1.807) is 11.9 Å². The largest absolute Gasteiger partial charge is 0.384 e. The van der Waals surface area contributed by atoms with Gasteiger partial charge in [-0.3, -0.25) is 5.41 Å². The first-order chi connectivity index (χ1) is 17.8. The lowest BCUT2D eigenvalue weighted by atomic mass is 10.1. The molecular weight excluding hydrogens is 476 g/mol. The second-order valence-corrected chi connectivity index (χ2v) is 10.7. The summed E-state index contributed by atoms with van der Waals surface area (Å²) < 4.78 is 4.39. The average Bonchev–Trinajstić information content (AvgIpc) is 3.22. The lowest BCUT2D eigenvalue weighted by Crippen LogP contribution is -2.10. The molecule has 0 amide bonds. The molecule has 5 rings (SSSR count). The van der Waals surface area contributed by atoms with Crippen molar-refractivity contribution in [1.29, 1.82) is 5.41 Å². The summed E-state index contributed by atoms with van der Waals surface area (Å²) in [7, 11) is 8.36. The molecule has 1 aromatic heterocycles. The Hall–Kier alpha value is -3.97. The highest BCUT2D eigenvalue weighted by Gasteiger charge is 2.13. The molecule has 0 saturated heterocycles. The van der Waals surface area contributed by atoms with Gasteiger partial charge in [0.05, 0.1) is 11.0 Å². The van der Waals surface area contributed by atoms with Gasteiger partial charge in [-0.25, -0.2) is 4.98 Å². The van der Waals surface area contributed by atoms with E-state index in [0.717, 1.165) is 41.0 Å². The molecule has 0 spiro atoms. The Morgan fingerprint density at radius 1 is 0.919 bits per heavy atom. The van der Waals surface area contributed by atoms with Gasteiger partial charge in [0.1, 0.15) is 11.7 Å². The van der Waals surface area contributed by atoms with E-state index < -0.39 is 0 Å². The zero-order chi connectivity index (χ0) is 26.1. The molecule has 0 radical (unpaired) electrons. The Balaban J connectivity index is 1.36. The van der Waals surface area contributed by atoms with Crippen LogP contribution in [0.3, 0.4) is 0 Å². The minimum absolute atomic E-state index is 0.0969. The van der Waals surface area contributed by atoms with Gasteiger partial charge < -0.3 is 19.5 Å². The van der Waals surface area contributed by atoms with Crippen LogP contribution in [0.2, 0.25) is 0 Å². The van der Waals surface area contributed by atoms with E-state index in [1.807, 2.05) is 24.3 Å². The molecule has 0 saturated carbocycles. The van der Waals surface area contributed by atoms with Crippen LogP contribution in [0.4, 0.5) is 11.4 Å². The SMILES string of the molecule is CN(C)c1cccc2c(SN(C)c3ccc4c(c3)nc(CCc3ccc(C(=N)N)cc3)n4C)cccc12. The summed E-state index contributed by atoms with van der Waals surface area (Å²) in [6.45, 7) is 0. The fourth-order valence-corrected chi connectivity index (χ4v) is 5.63. The average molecular weight is 509 g/mol. The first kappa shape index (κ1) is 24.7. The zero-order valence-electron chi connectivity index (χ0n) is 21.7. The maximum Gasteiger partial charge on any atom is 0.122 e. The van der Waals surface area contributed by atoms with Crippen LogP contribution in [-0.2, 0) is 19.9 Å². The molecule has 0 aliphatic heterocycles. The van der Waals surface area contributed by atoms with E-state index in [4.69, 9.17) is 16.1 Å². The smallest absolute Gasteiger partial charge is 0.122 e. The number of hydrogen-bond donors (Lipinski definition) is 2. The Morgan fingerprint density at radius 3 is 2.38 bits per heavy atom. The number of nitrogen functional groups attached to an aromatic ring is 1. The molecule has 5 aromatic rings. The maximum absolute atomic E-state index is 7.56. The lowest BCUT2D eigenvalue weighted by molar-refractivity contribution is 0.787. The number of anilines is 2. The highest BCUT2D eigenvalue weighted by molar-refractivity contribution is 8.00. The van der Waals surface area contributed by atoms with Crippen molar-refractivity contribution >= 4 is 51.0 Å². The van der Waals surface area contributed by atoms with Crippen LogP contribution in [0.5, 0.6) is 0 Å². The van der Waals surface area contributed by atoms with Crippen molar-refractivity contribution in [1.82, 2.24) is 9.55 Å². The Bertz CT molecular complexity index is 1590. The van der Waals surface area contributed by atoms with E-state index in [2.05, 4.69) is 96.6 Å². The van der Waals surface area contributed by atoms with Crippen LogP contribution in [0.25, 0.3) is 21.8 Å². The first-order valence-electron chi connectivity index (χ1n) is 12.3. The van der Waals surface area contributed by atoms with Crippen LogP contribution in [-0.4, -0.2) is 36.5 Å². The topological polar surface area (TPSA) is 74.2 Å². The number of aromatic nitrogens is 2. The van der Waals surface area contributed by atoms with Crippen LogP contribution in [0, 0.1) is 5.41 Å². The quantitative estimate of drug-likeness (QED) is 0.153. The molecule has 7 heteroatoms. The minimum atomic E-state index is 0.0969. The summed E-state index contributed by atoms with van der Waals surface area (Å²) in [4.78, 5) is 8.36. The molecule has 0 aliphatic rings. The molecule has 188 valence electrons. The lowest BCUT2D eigenvalue weighted by Gasteiger charge is -2.20. The summed E-state index contributed by atoms with van der Waals surface area (Å²) in [6.07, 6.45) is 1.72. The molecule has 0 bridgehead atoms. The number of fused-ring (bicyclic) bond motifs is 2. The number of imidazole rings is 1. The zero-order valence-corrected chi connectivity index (χ0v) is 22.5. The van der Waals surface area contributed by atoms with Gasteiger partial charge in [0.15, 0.2) is 0 Å². The number of nitrogens with one attached hydrogen (secondary N) is 1. The van der Waals surface area contributed by atoms with Gasteiger partial charge in [0, 0.05) is 61.8 Å². The van der Waals surface area contributed by atoms with Gasteiger partial charge in [-0.05, 0) is 59.7 Å². The van der Waals surface area contributed by atoms with Crippen LogP contribution < -0.4 is 14.9 Å². The monoisotopic (exact) mass is 508 g/mol. The second-order valence-electron chi connectivity index (χ2n) is 9.48. The Morgan fingerprint density at radius 2 is 1.65 bits per heavy atom. The minimum Gasteiger partial charge on any atom is -0.384 e. The number of hydrogen-bond acceptors (Lipinski definition) is 5. The van der Waals surface area contributed by atoms with E-state index >= 15 is 0 Å². The number of rotatable bonds is 8. The van der Waals surface area contributed by atoms with Crippen molar-refractivity contribution in [3.05, 3.63) is 95.8 Å². The van der Waals surface area contributed by atoms with Gasteiger partial charge in [-0.2, -0.15) is 0 Å². The first-order valence-corrected chi connectivity index (χ1v) is 13.1. The molecule has 1 heterocycles. The number of aryl methyl sites for hydroxylation is 3. The summed E-state index contributed by atoms with van der Waals surface area (Å²) >= 11 is 1.73. The van der Waals surface area contributed by atoms with E-state index in [9.17, 15) is 0 Å². The molecule has 37 heavy (non-hydrogen) atoms. The fourth-order valence-electron chi connectivity index (χ4n) is 4.70. The molecule has 0 fully saturated rings. The van der Waals surface area contributed by atoms with Crippen molar-refractivity contribution in [3.63, 3.8) is 0 Å². The molecule has 0 unspecified atom stereocenters. The van der Waals surface area contributed by atoms with Gasteiger partial charge in [0.25, 0.3) is 0 Å². The third-order valence-corrected chi connectivity index (χ3v) is 7.84. The molecule has 0 aliphatic carbocycles. The maximum atomic E-state index is 7.56. The van der Waals surface area contributed by atoms with Crippen LogP contribution >= 0.6 is 11.9 Å². The van der Waals surface area contributed by atoms with Gasteiger partial charge in [-0.1, -0.05) is 48.5 Å². The van der Waals surface area contributed by atoms with Crippen molar-refractivity contribution in [2.45, 2.75) is 17.7 Å². The van der Waals surface area contributed by atoms with Gasteiger partial charge >= 0.3 is 0 Å². The fraction of sp³-hybridized carbons (Fsp3) is 0.200. The van der Waals surface area contributed by atoms with E-state index in [-0.39, 0.29) is 5.84 Å². The third-order valence-electron chi connectivity index (χ3n) is 6.80. The highest BCUT2D eigenvalue weighted by atomic mass is 32.2. The second kappa shape index (κ2) is 10.2. The normalized spacial score (nSPS) is 11.2. The highest BCUT2D eigenvalue weighted by Crippen LogP contribution is 2.36. The molecule has 0 atom stereocenters. The summed E-state index contributed by atoms with van der Waals surface area (Å²) in [6, 6.07) is 27.4.